The number of nitrogens with zero attached hydrogens (tertiary/aromatic N) is 1. The van der Waals surface area contributed by atoms with Crippen molar-refractivity contribution in [2.45, 2.75) is 33.2 Å². The van der Waals surface area contributed by atoms with E-state index < -0.39 is 5.97 Å². The van der Waals surface area contributed by atoms with Gasteiger partial charge in [0.2, 0.25) is 5.91 Å². The third-order valence-electron chi connectivity index (χ3n) is 5.49. The lowest BCUT2D eigenvalue weighted by molar-refractivity contribution is -0.121. The quantitative estimate of drug-likeness (QED) is 0.665. The van der Waals surface area contributed by atoms with Crippen LogP contribution in [0, 0.1) is 18.7 Å². The minimum absolute atomic E-state index is 0.0670. The molecular weight excluding hydrogens is 407 g/mol. The molecule has 2 aromatic carbocycles. The summed E-state index contributed by atoms with van der Waals surface area (Å²) in [5.74, 6) is -0.906. The highest BCUT2D eigenvalue weighted by Gasteiger charge is 2.26. The Morgan fingerprint density at radius 1 is 1.20 bits per heavy atom. The number of nitrogens with one attached hydrogen (secondary N) is 1. The largest absolute Gasteiger partial charge is 0.462 e. The summed E-state index contributed by atoms with van der Waals surface area (Å²) in [5.41, 5.74) is 2.25. The molecule has 0 bridgehead atoms. The van der Waals surface area contributed by atoms with Gasteiger partial charge < -0.3 is 10.1 Å². The minimum atomic E-state index is -0.397. The fourth-order valence-corrected chi connectivity index (χ4v) is 3.92. The van der Waals surface area contributed by atoms with E-state index in [0.29, 0.717) is 66.5 Å². The van der Waals surface area contributed by atoms with Crippen LogP contribution in [-0.2, 0) is 16.1 Å². The van der Waals surface area contributed by atoms with Crippen LogP contribution in [0.5, 0.6) is 0 Å². The summed E-state index contributed by atoms with van der Waals surface area (Å²) in [5, 5.41) is 3.38. The number of piperidine rings is 1. The van der Waals surface area contributed by atoms with Gasteiger partial charge in [-0.15, -0.1) is 0 Å². The van der Waals surface area contributed by atoms with E-state index in [1.165, 1.54) is 6.07 Å². The van der Waals surface area contributed by atoms with Crippen LogP contribution in [0.25, 0.3) is 0 Å². The number of benzene rings is 2. The molecular formula is C23H26ClFN2O3. The number of carbonyl (C=O) groups is 2. The van der Waals surface area contributed by atoms with Gasteiger partial charge in [-0.2, -0.15) is 0 Å². The van der Waals surface area contributed by atoms with E-state index in [1.807, 2.05) is 0 Å². The van der Waals surface area contributed by atoms with Gasteiger partial charge in [0.05, 0.1) is 12.2 Å². The van der Waals surface area contributed by atoms with Crippen LogP contribution < -0.4 is 5.32 Å². The van der Waals surface area contributed by atoms with Crippen molar-refractivity contribution in [3.8, 4) is 0 Å². The Morgan fingerprint density at radius 2 is 1.90 bits per heavy atom. The monoisotopic (exact) mass is 432 g/mol. The molecule has 1 aliphatic rings. The van der Waals surface area contributed by atoms with Crippen molar-refractivity contribution in [3.05, 3.63) is 63.9 Å². The molecule has 5 nitrogen and oxygen atoms in total. The van der Waals surface area contributed by atoms with Crippen molar-refractivity contribution in [1.29, 1.82) is 0 Å². The number of rotatable bonds is 6. The number of hydrogen-bond acceptors (Lipinski definition) is 4. The fraction of sp³-hybridized carbons (Fsp3) is 0.391. The number of carbonyl (C=O) groups excluding carboxylic acids is 2. The summed E-state index contributed by atoms with van der Waals surface area (Å²) in [6.45, 7) is 5.65. The van der Waals surface area contributed by atoms with Gasteiger partial charge in [-0.3, -0.25) is 9.69 Å². The summed E-state index contributed by atoms with van der Waals surface area (Å²) in [4.78, 5) is 26.9. The lowest BCUT2D eigenvalue weighted by atomic mass is 9.95. The lowest BCUT2D eigenvalue weighted by Gasteiger charge is -2.31. The molecule has 1 heterocycles. The van der Waals surface area contributed by atoms with Gasteiger partial charge >= 0.3 is 5.97 Å². The predicted octanol–water partition coefficient (Wildman–Crippen LogP) is 4.81. The smallest absolute Gasteiger partial charge is 0.338 e. The van der Waals surface area contributed by atoms with Gasteiger partial charge in [-0.25, -0.2) is 9.18 Å². The third kappa shape index (κ3) is 5.18. The number of ether oxygens (including phenoxy) is 1. The van der Waals surface area contributed by atoms with Gasteiger partial charge in [-0.05, 0) is 69.6 Å². The molecule has 1 amide bonds. The highest BCUT2D eigenvalue weighted by Crippen LogP contribution is 2.26. The lowest BCUT2D eigenvalue weighted by Crippen LogP contribution is -2.38. The average Bonchev–Trinajstić information content (AvgIpc) is 2.73. The SMILES string of the molecule is CCOC(=O)c1cccc(NC(=O)C2CCN(Cc3c(F)cccc3Cl)CC2)c1C. The van der Waals surface area contributed by atoms with Crippen molar-refractivity contribution in [2.75, 3.05) is 25.0 Å². The topological polar surface area (TPSA) is 58.6 Å². The number of hydrogen-bond donors (Lipinski definition) is 1. The number of halogens is 2. The van der Waals surface area contributed by atoms with E-state index in [4.69, 9.17) is 16.3 Å². The molecule has 0 aliphatic carbocycles. The van der Waals surface area contributed by atoms with Gasteiger partial charge in [-0.1, -0.05) is 23.7 Å². The molecule has 160 valence electrons. The van der Waals surface area contributed by atoms with Gasteiger partial charge in [0.15, 0.2) is 0 Å². The molecule has 1 N–H and O–H groups in total. The molecule has 2 aromatic rings. The zero-order valence-corrected chi connectivity index (χ0v) is 18.0. The zero-order valence-electron chi connectivity index (χ0n) is 17.2. The van der Waals surface area contributed by atoms with E-state index in [9.17, 15) is 14.0 Å². The van der Waals surface area contributed by atoms with Gasteiger partial charge in [0.25, 0.3) is 0 Å². The minimum Gasteiger partial charge on any atom is -0.462 e. The molecule has 0 unspecified atom stereocenters. The van der Waals surface area contributed by atoms with E-state index in [1.54, 1.807) is 44.2 Å². The summed E-state index contributed by atoms with van der Waals surface area (Å²) in [7, 11) is 0. The first kappa shape index (κ1) is 22.2. The Morgan fingerprint density at radius 3 is 2.57 bits per heavy atom. The van der Waals surface area contributed by atoms with Crippen molar-refractivity contribution >= 4 is 29.2 Å². The van der Waals surface area contributed by atoms with Crippen molar-refractivity contribution in [2.24, 2.45) is 5.92 Å². The van der Waals surface area contributed by atoms with Crippen LogP contribution in [0.2, 0.25) is 5.02 Å². The maximum absolute atomic E-state index is 14.0. The summed E-state index contributed by atoms with van der Waals surface area (Å²) in [6, 6.07) is 9.90. The molecule has 0 atom stereocenters. The Hall–Kier alpha value is -2.44. The highest BCUT2D eigenvalue weighted by molar-refractivity contribution is 6.31. The predicted molar refractivity (Wildman–Crippen MR) is 115 cm³/mol. The first-order chi connectivity index (χ1) is 14.4. The summed E-state index contributed by atoms with van der Waals surface area (Å²) in [6.07, 6.45) is 1.35. The summed E-state index contributed by atoms with van der Waals surface area (Å²) >= 11 is 6.12. The first-order valence-corrected chi connectivity index (χ1v) is 10.5. The Labute approximate surface area is 181 Å². The van der Waals surface area contributed by atoms with Gasteiger partial charge in [0, 0.05) is 28.7 Å². The molecule has 1 saturated heterocycles. The van der Waals surface area contributed by atoms with Crippen LogP contribution in [0.4, 0.5) is 10.1 Å². The maximum Gasteiger partial charge on any atom is 0.338 e. The second-order valence-corrected chi connectivity index (χ2v) is 7.85. The average molecular weight is 433 g/mol. The molecule has 1 fully saturated rings. The van der Waals surface area contributed by atoms with Crippen LogP contribution in [0.1, 0.15) is 41.3 Å². The molecule has 0 aromatic heterocycles. The molecule has 3 rings (SSSR count). The van der Waals surface area contributed by atoms with E-state index in [-0.39, 0.29) is 17.6 Å². The zero-order chi connectivity index (χ0) is 21.7. The highest BCUT2D eigenvalue weighted by atomic mass is 35.5. The van der Waals surface area contributed by atoms with E-state index in [0.717, 1.165) is 0 Å². The van der Waals surface area contributed by atoms with E-state index in [2.05, 4.69) is 10.2 Å². The van der Waals surface area contributed by atoms with Crippen LogP contribution in [0.15, 0.2) is 36.4 Å². The van der Waals surface area contributed by atoms with Crippen molar-refractivity contribution in [3.63, 3.8) is 0 Å². The van der Waals surface area contributed by atoms with Crippen LogP contribution in [-0.4, -0.2) is 36.5 Å². The number of esters is 1. The molecule has 0 saturated carbocycles. The molecule has 30 heavy (non-hydrogen) atoms. The third-order valence-corrected chi connectivity index (χ3v) is 5.84. The molecule has 7 heteroatoms. The normalized spacial score (nSPS) is 15.1. The molecule has 1 aliphatic heterocycles. The van der Waals surface area contributed by atoms with Gasteiger partial charge in [0.1, 0.15) is 5.82 Å². The number of likely N-dealkylation sites (tertiary alicyclic amines) is 1. The second-order valence-electron chi connectivity index (χ2n) is 7.44. The number of amides is 1. The first-order valence-electron chi connectivity index (χ1n) is 10.1. The Kier molecular flexibility index (Phi) is 7.45. The fourth-order valence-electron chi connectivity index (χ4n) is 3.70. The molecule has 0 spiro atoms. The van der Waals surface area contributed by atoms with Crippen molar-refractivity contribution < 1.29 is 18.7 Å². The maximum atomic E-state index is 14.0. The standard InChI is InChI=1S/C23H26ClFN2O3/c1-3-30-23(29)17-6-4-9-21(15(17)2)26-22(28)16-10-12-27(13-11-16)14-18-19(24)7-5-8-20(18)25/h4-9,16H,3,10-14H2,1-2H3,(H,26,28). The van der Waals surface area contributed by atoms with Crippen LogP contribution >= 0.6 is 11.6 Å². The molecule has 0 radical (unpaired) electrons. The Bertz CT molecular complexity index is 906. The Balaban J connectivity index is 1.58. The second kappa shape index (κ2) is 10.0. The number of anilines is 1. The van der Waals surface area contributed by atoms with E-state index >= 15 is 0 Å². The van der Waals surface area contributed by atoms with Crippen molar-refractivity contribution in [1.82, 2.24) is 4.90 Å². The summed E-state index contributed by atoms with van der Waals surface area (Å²) < 4.78 is 19.1. The van der Waals surface area contributed by atoms with Crippen LogP contribution in [0.3, 0.4) is 0 Å².